The number of H-pyrrole nitrogens is 1. The molecule has 5 heterocycles. The number of nitrogens with one attached hydrogen (secondary N) is 2. The Balaban J connectivity index is 1.02. The highest BCUT2D eigenvalue weighted by molar-refractivity contribution is 6.06. The molecule has 3 amide bonds. The van der Waals surface area contributed by atoms with Gasteiger partial charge in [0.2, 0.25) is 11.8 Å². The molecule has 340 valence electrons. The minimum absolute atomic E-state index is 0.0206. The summed E-state index contributed by atoms with van der Waals surface area (Å²) in [6.07, 6.45) is 5.74. The van der Waals surface area contributed by atoms with E-state index >= 15 is 0 Å². The molecule has 0 aliphatic carbocycles. The number of likely N-dealkylation sites (tertiary alicyclic amines) is 2. The second-order valence-electron chi connectivity index (χ2n) is 18.3. The highest BCUT2D eigenvalue weighted by atomic mass is 16.5. The number of aromatic nitrogens is 2. The Morgan fingerprint density at radius 3 is 2.47 bits per heavy atom. The van der Waals surface area contributed by atoms with E-state index in [1.807, 2.05) is 43.7 Å². The summed E-state index contributed by atoms with van der Waals surface area (Å²) in [5, 5.41) is 4.96. The smallest absolute Gasteiger partial charge is 0.407 e. The van der Waals surface area contributed by atoms with E-state index in [1.54, 1.807) is 7.11 Å². The van der Waals surface area contributed by atoms with Crippen LogP contribution in [0, 0.1) is 23.7 Å². The standard InChI is InChI=1S/C50H62N6O8/c1-9-27(3)35(22-45(57)62-7)48(58)56-29(5)11-16-42(56)47-51-23-41(53-47)32-12-14-34-33(18-32)26-64-44-21-36-31(19-38(34)44)13-15-39-37(36)20-40(52-39)43-17-30(25-61-6)24-55(43)49(59)46(28(4)10-2)54-50(60)63-8/h12-15,18-19,21,23,27-30,35,42-43,46H,9-11,16-17,20,22,24-26H2,1-8H3,(H,51,53)(H,54,60)/t27-,28-,29-,30-,35?,42-,43-,46-/m0/s1. The topological polar surface area (TPSA) is 165 Å². The lowest BCUT2D eigenvalue weighted by Gasteiger charge is -2.33. The average Bonchev–Trinajstić information content (AvgIpc) is 4.14. The van der Waals surface area contributed by atoms with Crippen molar-refractivity contribution in [1.82, 2.24) is 25.1 Å². The fraction of sp³-hybridized carbons (Fsp3) is 0.520. The number of hydrogen-bond acceptors (Lipinski definition) is 10. The molecule has 0 spiro atoms. The number of alkyl carbamates (subject to hydrolysis) is 1. The van der Waals surface area contributed by atoms with Crippen molar-refractivity contribution in [1.29, 1.82) is 0 Å². The Morgan fingerprint density at radius 1 is 0.938 bits per heavy atom. The number of imidazole rings is 1. The third-order valence-corrected chi connectivity index (χ3v) is 14.4. The highest BCUT2D eigenvalue weighted by Gasteiger charge is 2.44. The molecular weight excluding hydrogens is 813 g/mol. The van der Waals surface area contributed by atoms with Gasteiger partial charge in [-0.3, -0.25) is 19.4 Å². The molecule has 1 aromatic heterocycles. The molecule has 0 saturated carbocycles. The Bertz CT molecular complexity index is 2460. The molecule has 8 atom stereocenters. The van der Waals surface area contributed by atoms with Crippen molar-refractivity contribution in [3.63, 3.8) is 0 Å². The van der Waals surface area contributed by atoms with E-state index in [1.165, 1.54) is 14.2 Å². The largest absolute Gasteiger partial charge is 0.488 e. The van der Waals surface area contributed by atoms with E-state index in [0.29, 0.717) is 32.6 Å². The molecule has 0 radical (unpaired) electrons. The molecule has 64 heavy (non-hydrogen) atoms. The van der Waals surface area contributed by atoms with Gasteiger partial charge >= 0.3 is 12.1 Å². The number of benzene rings is 3. The summed E-state index contributed by atoms with van der Waals surface area (Å²) in [7, 11) is 4.36. The van der Waals surface area contributed by atoms with Crippen molar-refractivity contribution in [3.8, 4) is 28.1 Å². The molecule has 4 aromatic rings. The van der Waals surface area contributed by atoms with Gasteiger partial charge in [0.25, 0.3) is 0 Å². The normalized spacial score (nSPS) is 21.8. The number of hydrogen-bond donors (Lipinski definition) is 2. The van der Waals surface area contributed by atoms with Crippen molar-refractivity contribution in [2.75, 3.05) is 34.5 Å². The van der Waals surface area contributed by atoms with Gasteiger partial charge < -0.3 is 39.0 Å². The summed E-state index contributed by atoms with van der Waals surface area (Å²) in [5.74, 6) is 0.656. The molecule has 14 nitrogen and oxygen atoms in total. The van der Waals surface area contributed by atoms with Crippen molar-refractivity contribution >= 4 is 46.0 Å². The average molecular weight is 875 g/mol. The van der Waals surface area contributed by atoms with Crippen molar-refractivity contribution in [2.45, 2.75) is 110 Å². The number of aliphatic imine (C=N–C) groups is 1. The SMILES string of the molecule is CC[C@H](C)C(CC(=O)OC)C(=O)N1[C@@H](C)CC[C@H]1c1ncc(-c2ccc3c(c2)COc2cc4c5c(ccc4cc2-3)N=C([C@@H]2C[C@H](COC)CN2C(=O)[C@@H](NC(=O)OC)[C@@H](C)CC)C5)[nH]1. The van der Waals surface area contributed by atoms with Gasteiger partial charge in [0.05, 0.1) is 62.8 Å². The first kappa shape index (κ1) is 44.8. The number of rotatable bonds is 14. The number of carbonyl (C=O) groups is 4. The van der Waals surface area contributed by atoms with Crippen LogP contribution >= 0.6 is 0 Å². The number of fused-ring (bicyclic) bond motifs is 6. The molecule has 1 unspecified atom stereocenters. The summed E-state index contributed by atoms with van der Waals surface area (Å²) in [6, 6.07) is 13.8. The van der Waals surface area contributed by atoms with Gasteiger partial charge in [0.1, 0.15) is 24.2 Å². The fourth-order valence-electron chi connectivity index (χ4n) is 10.3. The number of nitrogens with zero attached hydrogens (tertiary/aromatic N) is 4. The number of amides is 3. The van der Waals surface area contributed by atoms with Gasteiger partial charge in [0, 0.05) is 43.3 Å². The summed E-state index contributed by atoms with van der Waals surface area (Å²) in [4.78, 5) is 70.4. The monoisotopic (exact) mass is 874 g/mol. The Hall–Kier alpha value is -5.76. The second-order valence-corrected chi connectivity index (χ2v) is 18.3. The van der Waals surface area contributed by atoms with Crippen LogP contribution in [0.1, 0.15) is 96.1 Å². The maximum Gasteiger partial charge on any atom is 0.407 e. The Labute approximate surface area is 375 Å². The quantitative estimate of drug-likeness (QED) is 0.119. The number of esters is 1. The molecule has 4 aliphatic heterocycles. The first-order chi connectivity index (χ1) is 30.9. The van der Waals surface area contributed by atoms with Crippen LogP contribution in [0.4, 0.5) is 10.5 Å². The van der Waals surface area contributed by atoms with Crippen LogP contribution < -0.4 is 10.1 Å². The van der Waals surface area contributed by atoms with Gasteiger partial charge in [-0.15, -0.1) is 0 Å². The minimum atomic E-state index is -0.719. The molecule has 2 N–H and O–H groups in total. The van der Waals surface area contributed by atoms with E-state index in [9.17, 15) is 19.2 Å². The lowest BCUT2D eigenvalue weighted by molar-refractivity contribution is -0.149. The summed E-state index contributed by atoms with van der Waals surface area (Å²) < 4.78 is 21.9. The molecule has 8 rings (SSSR count). The molecule has 0 bridgehead atoms. The zero-order valence-electron chi connectivity index (χ0n) is 38.4. The maximum absolute atomic E-state index is 14.3. The van der Waals surface area contributed by atoms with Crippen LogP contribution in [0.5, 0.6) is 5.75 Å². The van der Waals surface area contributed by atoms with E-state index in [0.717, 1.165) is 92.9 Å². The zero-order chi connectivity index (χ0) is 45.4. The van der Waals surface area contributed by atoms with Gasteiger partial charge in [0.15, 0.2) is 0 Å². The number of ether oxygens (including phenoxy) is 4. The van der Waals surface area contributed by atoms with Gasteiger partial charge in [-0.05, 0) is 95.3 Å². The van der Waals surface area contributed by atoms with Gasteiger partial charge in [-0.2, -0.15) is 0 Å². The van der Waals surface area contributed by atoms with Crippen LogP contribution in [-0.4, -0.2) is 102 Å². The van der Waals surface area contributed by atoms with Gasteiger partial charge in [-0.25, -0.2) is 9.78 Å². The Morgan fingerprint density at radius 2 is 1.73 bits per heavy atom. The van der Waals surface area contributed by atoms with Crippen molar-refractivity contribution in [2.24, 2.45) is 28.7 Å². The highest BCUT2D eigenvalue weighted by Crippen LogP contribution is 2.45. The van der Waals surface area contributed by atoms with Crippen molar-refractivity contribution in [3.05, 3.63) is 65.6 Å². The van der Waals surface area contributed by atoms with Crippen LogP contribution in [-0.2, 0) is 41.6 Å². The summed E-state index contributed by atoms with van der Waals surface area (Å²) in [5.41, 5.74) is 7.96. The van der Waals surface area contributed by atoms with E-state index < -0.39 is 18.1 Å². The number of methoxy groups -OCH3 is 3. The summed E-state index contributed by atoms with van der Waals surface area (Å²) in [6.45, 7) is 11.6. The first-order valence-corrected chi connectivity index (χ1v) is 22.9. The molecule has 3 aromatic carbocycles. The summed E-state index contributed by atoms with van der Waals surface area (Å²) >= 11 is 0. The zero-order valence-corrected chi connectivity index (χ0v) is 38.4. The van der Waals surface area contributed by atoms with Crippen molar-refractivity contribution < 1.29 is 38.1 Å². The Kier molecular flexibility index (Phi) is 13.1. The van der Waals surface area contributed by atoms with E-state index in [-0.39, 0.29) is 60.1 Å². The number of carbonyl (C=O) groups excluding carboxylic acids is 4. The molecular formula is C50H62N6O8. The minimum Gasteiger partial charge on any atom is -0.488 e. The molecule has 14 heteroatoms. The number of aromatic amines is 1. The maximum atomic E-state index is 14.3. The van der Waals surface area contributed by atoms with E-state index in [4.69, 9.17) is 28.9 Å². The molecule has 4 aliphatic rings. The molecule has 2 fully saturated rings. The van der Waals surface area contributed by atoms with Crippen LogP contribution in [0.15, 0.2) is 53.7 Å². The van der Waals surface area contributed by atoms with Gasteiger partial charge in [-0.1, -0.05) is 58.7 Å². The lowest BCUT2D eigenvalue weighted by Crippen LogP contribution is -2.54. The predicted molar refractivity (Wildman–Crippen MR) is 244 cm³/mol. The van der Waals surface area contributed by atoms with Crippen LogP contribution in [0.25, 0.3) is 33.2 Å². The third-order valence-electron chi connectivity index (χ3n) is 14.4. The lowest BCUT2D eigenvalue weighted by atomic mass is 9.87. The molecule has 2 saturated heterocycles. The fourth-order valence-corrected chi connectivity index (χ4v) is 10.3. The first-order valence-electron chi connectivity index (χ1n) is 22.9. The van der Waals surface area contributed by atoms with Crippen LogP contribution in [0.3, 0.4) is 0 Å². The van der Waals surface area contributed by atoms with E-state index in [2.05, 4.69) is 59.7 Å². The second kappa shape index (κ2) is 18.8. The third kappa shape index (κ3) is 8.48. The van der Waals surface area contributed by atoms with Crippen LogP contribution in [0.2, 0.25) is 0 Å². The predicted octanol–water partition coefficient (Wildman–Crippen LogP) is 8.33.